The quantitative estimate of drug-likeness (QED) is 0.484. The number of ether oxygens (including phenoxy) is 1. The highest BCUT2D eigenvalue weighted by Gasteiger charge is 2.23. The summed E-state index contributed by atoms with van der Waals surface area (Å²) >= 11 is 0. The summed E-state index contributed by atoms with van der Waals surface area (Å²) < 4.78 is 32.7. The molecule has 0 bridgehead atoms. The van der Waals surface area contributed by atoms with E-state index >= 15 is 0 Å². The molecule has 0 atom stereocenters. The number of amides is 3. The van der Waals surface area contributed by atoms with Gasteiger partial charge in [0.15, 0.2) is 0 Å². The molecule has 3 aromatic carbocycles. The van der Waals surface area contributed by atoms with Crippen LogP contribution in [-0.2, 0) is 14.8 Å². The Morgan fingerprint density at radius 1 is 0.914 bits per heavy atom. The van der Waals surface area contributed by atoms with Crippen LogP contribution >= 0.6 is 0 Å². The molecule has 2 N–H and O–H groups in total. The predicted molar refractivity (Wildman–Crippen MR) is 136 cm³/mol. The summed E-state index contributed by atoms with van der Waals surface area (Å²) in [7, 11) is -1.03. The molecule has 0 aliphatic carbocycles. The van der Waals surface area contributed by atoms with Crippen molar-refractivity contribution in [2.75, 3.05) is 19.1 Å². The number of nitrogens with one attached hydrogen (secondary N) is 2. The average Bonchev–Trinajstić information content (AvgIpc) is 2.83. The fourth-order valence-electron chi connectivity index (χ4n) is 3.42. The summed E-state index contributed by atoms with van der Waals surface area (Å²) in [6, 6.07) is 19.4. The molecule has 8 nitrogen and oxygen atoms in total. The summed E-state index contributed by atoms with van der Waals surface area (Å²) in [5.74, 6) is 0.135. The molecule has 0 aliphatic heterocycles. The monoisotopic (exact) mass is 493 g/mol. The molecule has 0 saturated heterocycles. The van der Waals surface area contributed by atoms with Crippen LogP contribution in [0.15, 0.2) is 83.4 Å². The number of aryl methyl sites for hydroxylation is 2. The largest absolute Gasteiger partial charge is 0.496 e. The molecule has 35 heavy (non-hydrogen) atoms. The first-order valence-corrected chi connectivity index (χ1v) is 12.2. The van der Waals surface area contributed by atoms with Crippen LogP contribution in [0.2, 0.25) is 0 Å². The number of carbonyl (C=O) groups excluding carboxylic acids is 2. The molecule has 9 heteroatoms. The number of likely N-dealkylation sites (N-methyl/N-ethyl adjacent to an activating group) is 1. The normalized spacial score (nSPS) is 11.5. The van der Waals surface area contributed by atoms with Crippen LogP contribution in [0.4, 0.5) is 10.5 Å². The summed E-state index contributed by atoms with van der Waals surface area (Å²) in [6.07, 6.45) is 1.48. The van der Waals surface area contributed by atoms with E-state index in [9.17, 15) is 18.0 Å². The first-order valence-electron chi connectivity index (χ1n) is 10.7. The zero-order chi connectivity index (χ0) is 25.6. The van der Waals surface area contributed by atoms with Gasteiger partial charge in [0.25, 0.3) is 15.9 Å². The second kappa shape index (κ2) is 10.9. The van der Waals surface area contributed by atoms with E-state index in [0.717, 1.165) is 5.56 Å². The van der Waals surface area contributed by atoms with Gasteiger partial charge in [0.2, 0.25) is 0 Å². The Hall–Kier alpha value is -4.11. The lowest BCUT2D eigenvalue weighted by Gasteiger charge is -2.21. The highest BCUT2D eigenvalue weighted by molar-refractivity contribution is 7.90. The van der Waals surface area contributed by atoms with Gasteiger partial charge in [-0.15, -0.1) is 0 Å². The minimum Gasteiger partial charge on any atom is -0.496 e. The molecule has 3 aromatic rings. The lowest BCUT2D eigenvalue weighted by atomic mass is 10.1. The summed E-state index contributed by atoms with van der Waals surface area (Å²) in [5, 5.41) is 2.41. The van der Waals surface area contributed by atoms with Crippen molar-refractivity contribution >= 4 is 33.7 Å². The lowest BCUT2D eigenvalue weighted by Crippen LogP contribution is -2.43. The molecule has 0 saturated carbocycles. The third-order valence-electron chi connectivity index (χ3n) is 5.27. The Balaban J connectivity index is 1.89. The van der Waals surface area contributed by atoms with Crippen LogP contribution in [0, 0.1) is 13.8 Å². The number of rotatable bonds is 7. The van der Waals surface area contributed by atoms with Crippen molar-refractivity contribution in [1.82, 2.24) is 10.0 Å². The Labute approximate surface area is 205 Å². The number of sulfonamides is 1. The van der Waals surface area contributed by atoms with Crippen molar-refractivity contribution in [3.05, 3.63) is 95.2 Å². The number of nitrogens with zero attached hydrogens (tertiary/aromatic N) is 1. The van der Waals surface area contributed by atoms with Crippen LogP contribution in [0.25, 0.3) is 6.08 Å². The molecule has 0 unspecified atom stereocenters. The van der Waals surface area contributed by atoms with E-state index in [1.54, 1.807) is 81.7 Å². The second-order valence-electron chi connectivity index (χ2n) is 7.81. The Morgan fingerprint density at radius 3 is 2.20 bits per heavy atom. The van der Waals surface area contributed by atoms with Crippen LogP contribution in [0.3, 0.4) is 0 Å². The standard InChI is InChI=1S/C26H27N3O5S/c1-18-10-8-9-13-24(18)35(32,33)28-26(31)27-22(17-20-11-6-5-7-12-20)25(30)29(3)21-14-15-23(34-4)19(2)16-21/h5-17H,1-4H3,(H2,27,28,31)/b22-17-. The molecule has 182 valence electrons. The number of methoxy groups -OCH3 is 1. The van der Waals surface area contributed by atoms with Gasteiger partial charge in [-0.25, -0.2) is 17.9 Å². The van der Waals surface area contributed by atoms with Crippen molar-refractivity contribution in [2.45, 2.75) is 18.7 Å². The first-order chi connectivity index (χ1) is 16.6. The van der Waals surface area contributed by atoms with E-state index in [-0.39, 0.29) is 10.6 Å². The zero-order valence-electron chi connectivity index (χ0n) is 19.9. The van der Waals surface area contributed by atoms with E-state index in [1.165, 1.54) is 17.0 Å². The van der Waals surface area contributed by atoms with Crippen molar-refractivity contribution in [2.24, 2.45) is 0 Å². The third-order valence-corrected chi connectivity index (χ3v) is 6.76. The topological polar surface area (TPSA) is 105 Å². The van der Waals surface area contributed by atoms with Gasteiger partial charge in [0.05, 0.1) is 12.0 Å². The molecule has 0 heterocycles. The molecule has 0 radical (unpaired) electrons. The average molecular weight is 494 g/mol. The Bertz CT molecular complexity index is 1370. The molecular formula is C26H27N3O5S. The van der Waals surface area contributed by atoms with Crippen molar-refractivity contribution in [3.8, 4) is 5.75 Å². The predicted octanol–water partition coefficient (Wildman–Crippen LogP) is 4.00. The van der Waals surface area contributed by atoms with Gasteiger partial charge in [-0.1, -0.05) is 48.5 Å². The maximum atomic E-state index is 13.4. The van der Waals surface area contributed by atoms with Crippen LogP contribution in [-0.4, -0.2) is 34.5 Å². The van der Waals surface area contributed by atoms with E-state index in [4.69, 9.17) is 4.74 Å². The first kappa shape index (κ1) is 25.5. The SMILES string of the molecule is COc1ccc(N(C)C(=O)/C(=C/c2ccccc2)NC(=O)NS(=O)(=O)c2ccccc2C)cc1C. The van der Waals surface area contributed by atoms with Crippen molar-refractivity contribution in [3.63, 3.8) is 0 Å². The third kappa shape index (κ3) is 6.27. The Morgan fingerprint density at radius 2 is 1.57 bits per heavy atom. The van der Waals surface area contributed by atoms with Gasteiger partial charge in [0.1, 0.15) is 11.4 Å². The highest BCUT2D eigenvalue weighted by Crippen LogP contribution is 2.24. The Kier molecular flexibility index (Phi) is 7.93. The van der Waals surface area contributed by atoms with E-state index in [0.29, 0.717) is 22.6 Å². The number of urea groups is 1. The number of anilines is 1. The highest BCUT2D eigenvalue weighted by atomic mass is 32.2. The second-order valence-corrected chi connectivity index (χ2v) is 9.46. The summed E-state index contributed by atoms with van der Waals surface area (Å²) in [4.78, 5) is 27.4. The molecule has 0 spiro atoms. The van der Waals surface area contributed by atoms with Crippen molar-refractivity contribution < 1.29 is 22.7 Å². The smallest absolute Gasteiger partial charge is 0.333 e. The lowest BCUT2D eigenvalue weighted by molar-refractivity contribution is -0.115. The molecule has 3 rings (SSSR count). The van der Waals surface area contributed by atoms with Crippen molar-refractivity contribution in [1.29, 1.82) is 0 Å². The van der Waals surface area contributed by atoms with Crippen LogP contribution in [0.1, 0.15) is 16.7 Å². The van der Waals surface area contributed by atoms with Gasteiger partial charge in [-0.2, -0.15) is 0 Å². The van der Waals surface area contributed by atoms with E-state index in [1.807, 2.05) is 17.7 Å². The molecular weight excluding hydrogens is 466 g/mol. The van der Waals surface area contributed by atoms with Gasteiger partial charge in [-0.05, 0) is 60.9 Å². The molecule has 0 aliphatic rings. The van der Waals surface area contributed by atoms with E-state index < -0.39 is 22.0 Å². The minimum absolute atomic E-state index is 0.0270. The minimum atomic E-state index is -4.15. The zero-order valence-corrected chi connectivity index (χ0v) is 20.7. The van der Waals surface area contributed by atoms with Gasteiger partial charge >= 0.3 is 6.03 Å². The molecule has 3 amide bonds. The molecule has 0 fully saturated rings. The van der Waals surface area contributed by atoms with E-state index in [2.05, 4.69) is 5.32 Å². The fraction of sp³-hybridized carbons (Fsp3) is 0.154. The fourth-order valence-corrected chi connectivity index (χ4v) is 4.57. The van der Waals surface area contributed by atoms with Crippen LogP contribution < -0.4 is 19.7 Å². The number of hydrogen-bond donors (Lipinski definition) is 2. The van der Waals surface area contributed by atoms with Gasteiger partial charge in [0, 0.05) is 12.7 Å². The number of hydrogen-bond acceptors (Lipinski definition) is 5. The molecule has 0 aromatic heterocycles. The number of carbonyl (C=O) groups is 2. The summed E-state index contributed by atoms with van der Waals surface area (Å²) in [5.41, 5.74) is 2.43. The maximum absolute atomic E-state index is 13.4. The van der Waals surface area contributed by atoms with Crippen LogP contribution in [0.5, 0.6) is 5.75 Å². The maximum Gasteiger partial charge on any atom is 0.333 e. The van der Waals surface area contributed by atoms with Gasteiger partial charge in [-0.3, -0.25) is 4.79 Å². The summed E-state index contributed by atoms with van der Waals surface area (Å²) in [6.45, 7) is 3.48. The van der Waals surface area contributed by atoms with Gasteiger partial charge < -0.3 is 15.0 Å². The number of benzene rings is 3.